The summed E-state index contributed by atoms with van der Waals surface area (Å²) >= 11 is 18.5. The van der Waals surface area contributed by atoms with Crippen LogP contribution in [0.2, 0.25) is 15.1 Å². The molecule has 4 rings (SSSR count). The van der Waals surface area contributed by atoms with Crippen molar-refractivity contribution in [2.75, 3.05) is 24.5 Å². The van der Waals surface area contributed by atoms with Crippen LogP contribution in [-0.2, 0) is 10.0 Å². The minimum atomic E-state index is -4.05. The topological polar surface area (TPSA) is 40.6 Å². The molecule has 0 amide bonds. The van der Waals surface area contributed by atoms with Gasteiger partial charge >= 0.3 is 0 Å². The van der Waals surface area contributed by atoms with Crippen molar-refractivity contribution in [3.8, 4) is 0 Å². The number of halogens is 5. The Morgan fingerprint density at radius 1 is 0.812 bits per heavy atom. The van der Waals surface area contributed by atoms with E-state index in [1.54, 1.807) is 30.3 Å². The smallest absolute Gasteiger partial charge is 0.243 e. The Labute approximate surface area is 200 Å². The third-order valence-electron chi connectivity index (χ3n) is 5.35. The lowest BCUT2D eigenvalue weighted by atomic mass is 10.0. The first-order valence-corrected chi connectivity index (χ1v) is 12.2. The van der Waals surface area contributed by atoms with Crippen molar-refractivity contribution < 1.29 is 17.2 Å². The van der Waals surface area contributed by atoms with Gasteiger partial charge in [0.2, 0.25) is 10.0 Å². The van der Waals surface area contributed by atoms with Crippen LogP contribution < -0.4 is 4.90 Å². The molecule has 1 atom stereocenters. The van der Waals surface area contributed by atoms with Gasteiger partial charge in [-0.1, -0.05) is 46.9 Å². The normalized spacial score (nSPS) is 17.5. The molecule has 4 nitrogen and oxygen atoms in total. The van der Waals surface area contributed by atoms with Crippen LogP contribution in [0.25, 0.3) is 0 Å². The van der Waals surface area contributed by atoms with E-state index in [4.69, 9.17) is 34.8 Å². The molecule has 0 N–H and O–H groups in total. The van der Waals surface area contributed by atoms with Gasteiger partial charge in [-0.15, -0.1) is 0 Å². The third kappa shape index (κ3) is 4.58. The summed E-state index contributed by atoms with van der Waals surface area (Å²) in [5.74, 6) is -2.32. The van der Waals surface area contributed by atoms with Gasteiger partial charge in [-0.2, -0.15) is 4.31 Å². The van der Waals surface area contributed by atoms with Crippen molar-refractivity contribution in [2.45, 2.75) is 10.9 Å². The van der Waals surface area contributed by atoms with E-state index >= 15 is 0 Å². The Hall–Kier alpha value is -1.90. The van der Waals surface area contributed by atoms with Crippen LogP contribution in [0.5, 0.6) is 0 Å². The molecule has 1 saturated heterocycles. The minimum absolute atomic E-state index is 0.0713. The van der Waals surface area contributed by atoms with E-state index in [9.17, 15) is 17.2 Å². The molecule has 3 aromatic rings. The number of nitrogens with zero attached hydrogens (tertiary/aromatic N) is 2. The van der Waals surface area contributed by atoms with Crippen molar-refractivity contribution in [2.24, 2.45) is 0 Å². The number of hydrogen-bond acceptors (Lipinski definition) is 3. The van der Waals surface area contributed by atoms with E-state index in [1.807, 2.05) is 17.0 Å². The Balaban J connectivity index is 1.72. The molecule has 3 aromatic carbocycles. The van der Waals surface area contributed by atoms with Crippen molar-refractivity contribution in [3.05, 3.63) is 92.9 Å². The van der Waals surface area contributed by atoms with E-state index in [1.165, 1.54) is 4.31 Å². The molecule has 1 aliphatic rings. The zero-order valence-electron chi connectivity index (χ0n) is 16.5. The van der Waals surface area contributed by atoms with Crippen LogP contribution in [0.3, 0.4) is 0 Å². The van der Waals surface area contributed by atoms with Gasteiger partial charge < -0.3 is 4.90 Å². The molecular formula is C22H17Cl3F2N2O2S. The van der Waals surface area contributed by atoms with Gasteiger partial charge in [0.05, 0.1) is 21.6 Å². The Morgan fingerprint density at radius 2 is 1.50 bits per heavy atom. The van der Waals surface area contributed by atoms with Gasteiger partial charge in [-0.3, -0.25) is 0 Å². The summed E-state index contributed by atoms with van der Waals surface area (Å²) in [6.45, 7) is 0.518. The number of piperazine rings is 1. The fraction of sp³-hybridized carbons (Fsp3) is 0.182. The van der Waals surface area contributed by atoms with Crippen molar-refractivity contribution >= 4 is 50.5 Å². The molecule has 0 aliphatic carbocycles. The predicted molar refractivity (Wildman–Crippen MR) is 123 cm³/mol. The van der Waals surface area contributed by atoms with Crippen molar-refractivity contribution in [1.82, 2.24) is 4.31 Å². The van der Waals surface area contributed by atoms with Crippen LogP contribution in [0.4, 0.5) is 14.5 Å². The van der Waals surface area contributed by atoms with E-state index in [-0.39, 0.29) is 18.0 Å². The standard InChI is InChI=1S/C22H17Cl3F2N2O2S/c23-15-3-1-14(2-4-15)22-13-28(32(30,31)17-6-7-19(26)20(27)12-17)9-10-29(22)21-8-5-16(24)11-18(21)25/h1-8,11-12,22H,9-10,13H2. The first kappa shape index (κ1) is 23.3. The fourth-order valence-electron chi connectivity index (χ4n) is 3.74. The summed E-state index contributed by atoms with van der Waals surface area (Å²) in [6.07, 6.45) is 0. The SMILES string of the molecule is O=S(=O)(c1ccc(F)c(F)c1)N1CCN(c2ccc(Cl)cc2Cl)C(c2ccc(Cl)cc2)C1. The molecule has 1 fully saturated rings. The van der Waals surface area contributed by atoms with Crippen LogP contribution in [0.15, 0.2) is 65.6 Å². The van der Waals surface area contributed by atoms with Gasteiger partial charge in [-0.05, 0) is 54.1 Å². The zero-order valence-corrected chi connectivity index (χ0v) is 19.6. The van der Waals surface area contributed by atoms with Crippen LogP contribution >= 0.6 is 34.8 Å². The summed E-state index contributed by atoms with van der Waals surface area (Å²) < 4.78 is 54.7. The monoisotopic (exact) mass is 516 g/mol. The van der Waals surface area contributed by atoms with E-state index in [0.29, 0.717) is 33.4 Å². The maximum Gasteiger partial charge on any atom is 0.243 e. The maximum absolute atomic E-state index is 13.7. The first-order valence-electron chi connectivity index (χ1n) is 9.59. The number of hydrogen-bond donors (Lipinski definition) is 0. The molecular weight excluding hydrogens is 501 g/mol. The van der Waals surface area contributed by atoms with Crippen molar-refractivity contribution in [3.63, 3.8) is 0 Å². The van der Waals surface area contributed by atoms with Crippen LogP contribution in [0, 0.1) is 11.6 Å². The fourth-order valence-corrected chi connectivity index (χ4v) is 5.83. The second-order valence-electron chi connectivity index (χ2n) is 7.30. The molecule has 168 valence electrons. The summed E-state index contributed by atoms with van der Waals surface area (Å²) in [7, 11) is -4.05. The molecule has 0 radical (unpaired) electrons. The van der Waals surface area contributed by atoms with Crippen LogP contribution in [-0.4, -0.2) is 32.4 Å². The lowest BCUT2D eigenvalue weighted by molar-refractivity contribution is 0.335. The summed E-state index contributed by atoms with van der Waals surface area (Å²) in [4.78, 5) is 1.70. The largest absolute Gasteiger partial charge is 0.361 e. The minimum Gasteiger partial charge on any atom is -0.361 e. The number of anilines is 1. The average Bonchev–Trinajstić information content (AvgIpc) is 2.76. The molecule has 1 heterocycles. The van der Waals surface area contributed by atoms with Crippen LogP contribution in [0.1, 0.15) is 11.6 Å². The van der Waals surface area contributed by atoms with Gasteiger partial charge in [0.25, 0.3) is 0 Å². The molecule has 1 unspecified atom stereocenters. The highest BCUT2D eigenvalue weighted by atomic mass is 35.5. The third-order valence-corrected chi connectivity index (χ3v) is 8.00. The second-order valence-corrected chi connectivity index (χ2v) is 10.5. The highest BCUT2D eigenvalue weighted by molar-refractivity contribution is 7.89. The number of rotatable bonds is 4. The predicted octanol–water partition coefficient (Wildman–Crippen LogP) is 6.18. The van der Waals surface area contributed by atoms with Gasteiger partial charge in [-0.25, -0.2) is 17.2 Å². The average molecular weight is 518 g/mol. The first-order chi connectivity index (χ1) is 15.2. The quantitative estimate of drug-likeness (QED) is 0.415. The lowest BCUT2D eigenvalue weighted by Gasteiger charge is -2.42. The zero-order chi connectivity index (χ0) is 23.0. The highest BCUT2D eigenvalue weighted by Crippen LogP contribution is 2.38. The summed E-state index contributed by atoms with van der Waals surface area (Å²) in [5, 5.41) is 1.47. The van der Waals surface area contributed by atoms with E-state index in [0.717, 1.165) is 17.7 Å². The lowest BCUT2D eigenvalue weighted by Crippen LogP contribution is -2.50. The van der Waals surface area contributed by atoms with E-state index < -0.39 is 27.7 Å². The molecule has 0 bridgehead atoms. The molecule has 1 aliphatic heterocycles. The number of sulfonamides is 1. The Morgan fingerprint density at radius 3 is 2.16 bits per heavy atom. The van der Waals surface area contributed by atoms with E-state index in [2.05, 4.69) is 0 Å². The van der Waals surface area contributed by atoms with Gasteiger partial charge in [0, 0.05) is 29.7 Å². The number of benzene rings is 3. The Kier molecular flexibility index (Phi) is 6.66. The maximum atomic E-state index is 13.7. The molecule has 0 saturated carbocycles. The summed E-state index contributed by atoms with van der Waals surface area (Å²) in [6, 6.07) is 14.4. The molecule has 0 aromatic heterocycles. The summed E-state index contributed by atoms with van der Waals surface area (Å²) in [5.41, 5.74) is 1.53. The second kappa shape index (κ2) is 9.15. The Bertz CT molecular complexity index is 1260. The van der Waals surface area contributed by atoms with Gasteiger partial charge in [0.15, 0.2) is 11.6 Å². The highest BCUT2D eigenvalue weighted by Gasteiger charge is 2.36. The van der Waals surface area contributed by atoms with Crippen molar-refractivity contribution in [1.29, 1.82) is 0 Å². The molecule has 10 heteroatoms. The molecule has 32 heavy (non-hydrogen) atoms. The molecule has 0 spiro atoms. The van der Waals surface area contributed by atoms with Gasteiger partial charge in [0.1, 0.15) is 0 Å².